The second-order valence-electron chi connectivity index (χ2n) is 16.7. The van der Waals surface area contributed by atoms with Crippen LogP contribution in [0, 0.1) is 0 Å². The summed E-state index contributed by atoms with van der Waals surface area (Å²) >= 11 is 0. The van der Waals surface area contributed by atoms with Gasteiger partial charge in [0.15, 0.2) is 6.29 Å². The molecule has 8 rings (SSSR count). The van der Waals surface area contributed by atoms with Crippen LogP contribution in [0.1, 0.15) is 114 Å². The molecule has 0 unspecified atom stereocenters. The first kappa shape index (κ1) is 48.4. The molecule has 0 atom stereocenters. The fraction of sp³-hybridized carbons (Fsp3) is 0.442. The topological polar surface area (TPSA) is 147 Å². The Morgan fingerprint density at radius 2 is 1.68 bits per heavy atom. The van der Waals surface area contributed by atoms with Crippen molar-refractivity contribution in [3.05, 3.63) is 110 Å². The molecule has 3 aromatic carbocycles. The SMILES string of the molecule is CC.CCCCN(CCC)CN(C)C(=O)c1c2c(c3[nH]c4cccc(OC)c4c3c1C=O)CCC2.CCc1cc2ccc(CN3CCN(c4ccc(C(=O)NC)nc4)CC3)cc2[nH]c1=O. The molecule has 6 aromatic rings. The predicted octanol–water partition coefficient (Wildman–Crippen LogP) is 8.37. The lowest BCUT2D eigenvalue weighted by Crippen LogP contribution is -2.46. The number of amides is 2. The van der Waals surface area contributed by atoms with Crippen LogP contribution in [0.3, 0.4) is 0 Å². The highest BCUT2D eigenvalue weighted by Gasteiger charge is 2.31. The summed E-state index contributed by atoms with van der Waals surface area (Å²) in [5.74, 6) is 0.466. The summed E-state index contributed by atoms with van der Waals surface area (Å²) in [5.41, 5.74) is 9.55. The highest BCUT2D eigenvalue weighted by Crippen LogP contribution is 2.42. The number of aromatic nitrogens is 3. The smallest absolute Gasteiger partial charge is 0.269 e. The highest BCUT2D eigenvalue weighted by molar-refractivity contribution is 6.21. The Morgan fingerprint density at radius 3 is 2.34 bits per heavy atom. The van der Waals surface area contributed by atoms with Crippen LogP contribution in [-0.2, 0) is 25.8 Å². The van der Waals surface area contributed by atoms with Crippen molar-refractivity contribution in [1.29, 1.82) is 0 Å². The molecular formula is C52H68N8O5. The number of methoxy groups -OCH3 is 1. The van der Waals surface area contributed by atoms with Gasteiger partial charge in [-0.15, -0.1) is 0 Å². The van der Waals surface area contributed by atoms with Crippen LogP contribution in [0.25, 0.3) is 32.7 Å². The number of hydrogen-bond acceptors (Lipinski definition) is 9. The molecule has 0 bridgehead atoms. The van der Waals surface area contributed by atoms with Crippen molar-refractivity contribution in [3.63, 3.8) is 0 Å². The van der Waals surface area contributed by atoms with Gasteiger partial charge in [0.2, 0.25) is 0 Å². The van der Waals surface area contributed by atoms with Crippen molar-refractivity contribution in [2.75, 3.05) is 72.0 Å². The Bertz CT molecular complexity index is 2650. The molecule has 1 saturated heterocycles. The molecule has 0 spiro atoms. The summed E-state index contributed by atoms with van der Waals surface area (Å²) in [6, 6.07) is 17.9. The number of fused-ring (bicyclic) bond motifs is 6. The van der Waals surface area contributed by atoms with E-state index >= 15 is 0 Å². The molecule has 0 saturated carbocycles. The lowest BCUT2D eigenvalue weighted by molar-refractivity contribution is 0.0678. The van der Waals surface area contributed by atoms with Crippen molar-refractivity contribution >= 4 is 56.5 Å². The average Bonchev–Trinajstić information content (AvgIpc) is 3.99. The number of nitrogens with zero attached hydrogens (tertiary/aromatic N) is 5. The van der Waals surface area contributed by atoms with E-state index in [0.29, 0.717) is 29.2 Å². The van der Waals surface area contributed by atoms with Gasteiger partial charge in [-0.3, -0.25) is 29.0 Å². The number of piperazine rings is 1. The quantitative estimate of drug-likeness (QED) is 0.0684. The summed E-state index contributed by atoms with van der Waals surface area (Å²) in [5, 5.41) is 5.35. The number of H-pyrrole nitrogens is 2. The van der Waals surface area contributed by atoms with Gasteiger partial charge in [0, 0.05) is 68.8 Å². The van der Waals surface area contributed by atoms with Crippen LogP contribution in [0.5, 0.6) is 5.75 Å². The summed E-state index contributed by atoms with van der Waals surface area (Å²) in [6.45, 7) is 17.4. The summed E-state index contributed by atoms with van der Waals surface area (Å²) in [6.07, 6.45) is 9.36. The number of aryl methyl sites for hydroxylation is 2. The van der Waals surface area contributed by atoms with Gasteiger partial charge in [-0.1, -0.05) is 59.2 Å². The number of unbranched alkanes of at least 4 members (excludes halogenated alkanes) is 1. The van der Waals surface area contributed by atoms with Crippen molar-refractivity contribution < 1.29 is 19.1 Å². The number of aromatic amines is 2. The number of pyridine rings is 2. The molecule has 65 heavy (non-hydrogen) atoms. The molecule has 346 valence electrons. The number of hydrogen-bond donors (Lipinski definition) is 3. The first-order valence-corrected chi connectivity index (χ1v) is 23.5. The maximum atomic E-state index is 13.9. The largest absolute Gasteiger partial charge is 0.496 e. The van der Waals surface area contributed by atoms with E-state index in [1.165, 1.54) is 11.1 Å². The number of nitrogens with one attached hydrogen (secondary N) is 3. The number of carbonyl (C=O) groups excluding carboxylic acids is 3. The fourth-order valence-corrected chi connectivity index (χ4v) is 9.24. The normalized spacial score (nSPS) is 13.6. The molecular weight excluding hydrogens is 817 g/mol. The fourth-order valence-electron chi connectivity index (χ4n) is 9.24. The van der Waals surface area contributed by atoms with Gasteiger partial charge in [-0.2, -0.15) is 0 Å². The van der Waals surface area contributed by atoms with Crippen LogP contribution >= 0.6 is 0 Å². The molecule has 13 heteroatoms. The van der Waals surface area contributed by atoms with Crippen LogP contribution in [0.4, 0.5) is 5.69 Å². The van der Waals surface area contributed by atoms with E-state index in [-0.39, 0.29) is 17.4 Å². The molecule has 1 aliphatic heterocycles. The third-order valence-corrected chi connectivity index (χ3v) is 12.5. The second-order valence-corrected chi connectivity index (χ2v) is 16.7. The van der Waals surface area contributed by atoms with Crippen LogP contribution in [0.15, 0.2) is 65.6 Å². The zero-order valence-electron chi connectivity index (χ0n) is 39.7. The van der Waals surface area contributed by atoms with Gasteiger partial charge < -0.3 is 29.8 Å². The third-order valence-electron chi connectivity index (χ3n) is 12.5. The highest BCUT2D eigenvalue weighted by atomic mass is 16.5. The van der Waals surface area contributed by atoms with Gasteiger partial charge in [0.1, 0.15) is 11.4 Å². The number of anilines is 1. The minimum atomic E-state index is -0.172. The van der Waals surface area contributed by atoms with Gasteiger partial charge in [-0.05, 0) is 110 Å². The Labute approximate surface area is 383 Å². The minimum Gasteiger partial charge on any atom is -0.496 e. The molecule has 4 heterocycles. The lowest BCUT2D eigenvalue weighted by Gasteiger charge is -2.36. The number of ether oxygens (including phenoxy) is 1. The maximum Gasteiger partial charge on any atom is 0.269 e. The Kier molecular flexibility index (Phi) is 16.9. The first-order valence-electron chi connectivity index (χ1n) is 23.5. The Hall–Kier alpha value is -6.05. The van der Waals surface area contributed by atoms with Crippen molar-refractivity contribution in [2.45, 2.75) is 86.1 Å². The zero-order valence-corrected chi connectivity index (χ0v) is 39.7. The van der Waals surface area contributed by atoms with Crippen molar-refractivity contribution in [1.82, 2.24) is 35.0 Å². The molecule has 3 N–H and O–H groups in total. The molecule has 2 amide bonds. The zero-order chi connectivity index (χ0) is 46.6. The van der Waals surface area contributed by atoms with Crippen molar-refractivity contribution in [3.8, 4) is 5.75 Å². The average molecular weight is 885 g/mol. The standard InChI is InChI=1S/C27H35N3O3.C23H27N5O2.C2H6/c1-5-7-15-30(14-6-2)17-29(3)27(32)23-18-10-8-11-19(18)26-24(20(23)16-31)25-21(28-26)12-9-13-22(25)33-4;1-3-17-13-18-5-4-16(12-21(18)26-22(17)29)15-27-8-10-28(11-9-27)19-6-7-20(25-14-19)23(30)24-2;1-2/h9,12-13,16,28H,5-8,10-11,14-15,17H2,1-4H3;4-7,12-14H,3,8-11,15H2,1-2H3,(H,24,30)(H,26,29);1-2H3. The summed E-state index contributed by atoms with van der Waals surface area (Å²) < 4.78 is 5.64. The third kappa shape index (κ3) is 10.7. The summed E-state index contributed by atoms with van der Waals surface area (Å²) in [7, 11) is 5.10. The lowest BCUT2D eigenvalue weighted by atomic mass is 9.92. The predicted molar refractivity (Wildman–Crippen MR) is 264 cm³/mol. The van der Waals surface area contributed by atoms with E-state index in [0.717, 1.165) is 147 Å². The van der Waals surface area contributed by atoms with E-state index < -0.39 is 0 Å². The first-order chi connectivity index (χ1) is 31.6. The number of rotatable bonds is 15. The van der Waals surface area contributed by atoms with E-state index in [1.807, 2.05) is 58.2 Å². The molecule has 2 aliphatic rings. The molecule has 0 radical (unpaired) electrons. The molecule has 1 aliphatic carbocycles. The monoisotopic (exact) mass is 885 g/mol. The second kappa shape index (κ2) is 22.7. The van der Waals surface area contributed by atoms with Gasteiger partial charge in [0.05, 0.1) is 47.6 Å². The molecule has 3 aromatic heterocycles. The number of benzene rings is 3. The van der Waals surface area contributed by atoms with E-state index in [1.54, 1.807) is 31.3 Å². The molecule has 13 nitrogen and oxygen atoms in total. The van der Waals surface area contributed by atoms with E-state index in [4.69, 9.17) is 4.74 Å². The maximum absolute atomic E-state index is 13.9. The number of aldehydes is 1. The Morgan fingerprint density at radius 1 is 0.908 bits per heavy atom. The van der Waals surface area contributed by atoms with Gasteiger partial charge >= 0.3 is 0 Å². The van der Waals surface area contributed by atoms with Gasteiger partial charge in [-0.25, -0.2) is 4.98 Å². The van der Waals surface area contributed by atoms with Crippen LogP contribution in [-0.4, -0.2) is 115 Å². The van der Waals surface area contributed by atoms with E-state index in [2.05, 4.69) is 67.0 Å². The van der Waals surface area contributed by atoms with Crippen molar-refractivity contribution in [2.24, 2.45) is 0 Å². The summed E-state index contributed by atoms with van der Waals surface area (Å²) in [4.78, 5) is 69.8. The number of carbonyl (C=O) groups is 3. The van der Waals surface area contributed by atoms with Crippen LogP contribution < -0.4 is 20.5 Å². The van der Waals surface area contributed by atoms with Gasteiger partial charge in [0.25, 0.3) is 17.4 Å². The Balaban J connectivity index is 0.000000208. The van der Waals surface area contributed by atoms with Crippen LogP contribution in [0.2, 0.25) is 0 Å². The minimum absolute atomic E-state index is 0.00631. The van der Waals surface area contributed by atoms with E-state index in [9.17, 15) is 19.2 Å². The molecule has 1 fully saturated rings.